The van der Waals surface area contributed by atoms with E-state index >= 15 is 0 Å². The second kappa shape index (κ2) is 12.1. The molecule has 1 spiro atoms. The van der Waals surface area contributed by atoms with Crippen molar-refractivity contribution in [3.63, 3.8) is 0 Å². The van der Waals surface area contributed by atoms with Crippen LogP contribution in [-0.4, -0.2) is 86.6 Å². The summed E-state index contributed by atoms with van der Waals surface area (Å²) in [7, 11) is 0. The minimum absolute atomic E-state index is 0.108. The van der Waals surface area contributed by atoms with Gasteiger partial charge in [0.1, 0.15) is 11.6 Å². The summed E-state index contributed by atoms with van der Waals surface area (Å²) in [5, 5.41) is 10.5. The Morgan fingerprint density at radius 3 is 2.29 bits per heavy atom. The Morgan fingerprint density at radius 2 is 1.76 bits per heavy atom. The highest BCUT2D eigenvalue weighted by molar-refractivity contribution is 5.99. The lowest BCUT2D eigenvalue weighted by atomic mass is 9.64. The van der Waals surface area contributed by atoms with Crippen molar-refractivity contribution in [2.75, 3.05) is 19.7 Å². The maximum absolute atomic E-state index is 14.6. The van der Waals surface area contributed by atoms with Crippen molar-refractivity contribution in [3.05, 3.63) is 61.2 Å². The van der Waals surface area contributed by atoms with Gasteiger partial charge in [0, 0.05) is 25.7 Å². The van der Waals surface area contributed by atoms with Gasteiger partial charge in [0.05, 0.1) is 30.1 Å². The monoisotopic (exact) mass is 565 g/mol. The summed E-state index contributed by atoms with van der Waals surface area (Å²) in [6.45, 7) is 18.2. The van der Waals surface area contributed by atoms with Crippen LogP contribution in [0.3, 0.4) is 0 Å². The predicted molar refractivity (Wildman–Crippen MR) is 158 cm³/mol. The number of rotatable bonds is 13. The van der Waals surface area contributed by atoms with Crippen molar-refractivity contribution in [1.82, 2.24) is 14.7 Å². The summed E-state index contributed by atoms with van der Waals surface area (Å²) in [6.07, 6.45) is 5.03. The molecule has 3 aliphatic heterocycles. The topological polar surface area (TPSA) is 90.4 Å². The molecule has 3 fully saturated rings. The van der Waals surface area contributed by atoms with Gasteiger partial charge in [-0.2, -0.15) is 0 Å². The average Bonchev–Trinajstić information content (AvgIpc) is 3.55. The quantitative estimate of drug-likeness (QED) is 0.368. The number of likely N-dealkylation sites (tertiary alicyclic amines) is 1. The molecule has 1 aromatic carbocycles. The van der Waals surface area contributed by atoms with E-state index in [0.717, 1.165) is 5.56 Å². The molecule has 3 saturated heterocycles. The van der Waals surface area contributed by atoms with Crippen LogP contribution in [0.5, 0.6) is 0 Å². The molecule has 1 N–H and O–H groups in total. The van der Waals surface area contributed by atoms with Crippen molar-refractivity contribution >= 4 is 17.7 Å². The molecule has 8 heteroatoms. The number of carbonyl (C=O) groups is 3. The fourth-order valence-electron chi connectivity index (χ4n) is 7.53. The van der Waals surface area contributed by atoms with Crippen LogP contribution in [0.25, 0.3) is 0 Å². The molecule has 2 bridgehead atoms. The first-order valence-electron chi connectivity index (χ1n) is 15.0. The molecule has 1 aromatic rings. The minimum Gasteiger partial charge on any atom is -0.394 e. The Bertz CT molecular complexity index is 1150. The van der Waals surface area contributed by atoms with E-state index in [4.69, 9.17) is 4.74 Å². The maximum atomic E-state index is 14.6. The maximum Gasteiger partial charge on any atom is 0.248 e. The van der Waals surface area contributed by atoms with Crippen LogP contribution in [0.1, 0.15) is 59.4 Å². The van der Waals surface area contributed by atoms with E-state index in [9.17, 15) is 19.5 Å². The molecule has 0 saturated carbocycles. The number of fused-ring (bicyclic) bond motifs is 1. The second-order valence-corrected chi connectivity index (χ2v) is 12.4. The highest BCUT2D eigenvalue weighted by Gasteiger charge is 2.79. The van der Waals surface area contributed by atoms with E-state index < -0.39 is 35.1 Å². The fraction of sp³-hybridized carbons (Fsp3) is 0.606. The minimum atomic E-state index is -1.15. The van der Waals surface area contributed by atoms with Gasteiger partial charge in [-0.1, -0.05) is 63.3 Å². The molecule has 2 unspecified atom stereocenters. The summed E-state index contributed by atoms with van der Waals surface area (Å²) in [6, 6.07) is 8.11. The molecule has 3 aliphatic rings. The number of benzene rings is 1. The van der Waals surface area contributed by atoms with E-state index in [-0.39, 0.29) is 36.3 Å². The Balaban J connectivity index is 1.84. The zero-order valence-corrected chi connectivity index (χ0v) is 25.3. The van der Waals surface area contributed by atoms with Crippen LogP contribution >= 0.6 is 0 Å². The lowest BCUT2D eigenvalue weighted by Gasteiger charge is -2.41. The van der Waals surface area contributed by atoms with Gasteiger partial charge >= 0.3 is 0 Å². The summed E-state index contributed by atoms with van der Waals surface area (Å²) < 4.78 is 6.96. The highest BCUT2D eigenvalue weighted by Crippen LogP contribution is 2.65. The fourth-order valence-corrected chi connectivity index (χ4v) is 7.53. The van der Waals surface area contributed by atoms with Crippen molar-refractivity contribution in [3.8, 4) is 0 Å². The zero-order valence-electron chi connectivity index (χ0n) is 25.3. The normalized spacial score (nSPS) is 29.1. The predicted octanol–water partition coefficient (Wildman–Crippen LogP) is 3.80. The lowest BCUT2D eigenvalue weighted by Crippen LogP contribution is -2.60. The van der Waals surface area contributed by atoms with Gasteiger partial charge < -0.3 is 24.5 Å². The van der Waals surface area contributed by atoms with Gasteiger partial charge in [-0.3, -0.25) is 14.4 Å². The van der Waals surface area contributed by atoms with Crippen molar-refractivity contribution in [2.24, 2.45) is 17.8 Å². The molecular weight excluding hydrogens is 518 g/mol. The largest absolute Gasteiger partial charge is 0.394 e. The van der Waals surface area contributed by atoms with E-state index in [1.807, 2.05) is 65.0 Å². The summed E-state index contributed by atoms with van der Waals surface area (Å²) in [4.78, 5) is 48.7. The first kappa shape index (κ1) is 31.0. The molecular formula is C33H47N3O5. The molecule has 41 heavy (non-hydrogen) atoms. The average molecular weight is 566 g/mol. The molecule has 0 aliphatic carbocycles. The first-order chi connectivity index (χ1) is 19.5. The van der Waals surface area contributed by atoms with E-state index in [1.165, 1.54) is 0 Å². The number of aliphatic hydroxyl groups is 1. The number of amides is 3. The lowest BCUT2D eigenvalue weighted by molar-refractivity contribution is -0.159. The first-order valence-corrected chi connectivity index (χ1v) is 15.0. The SMILES string of the molecule is C=CCN(Cc1ccccc1)C(=O)[C@H]1[C@H]2C(=O)N([C@@H](CO)C(C)C)C(C(=O)N(CC=C)C(C)C)C23CC[C@]1(CC)O3. The van der Waals surface area contributed by atoms with Crippen LogP contribution in [0, 0.1) is 17.8 Å². The molecule has 3 amide bonds. The summed E-state index contributed by atoms with van der Waals surface area (Å²) in [5.74, 6) is -2.31. The summed E-state index contributed by atoms with van der Waals surface area (Å²) in [5.41, 5.74) is -1.00. The molecule has 4 rings (SSSR count). The molecule has 3 heterocycles. The van der Waals surface area contributed by atoms with Crippen LogP contribution in [0.2, 0.25) is 0 Å². The van der Waals surface area contributed by atoms with E-state index in [2.05, 4.69) is 13.2 Å². The third-order valence-electron chi connectivity index (χ3n) is 9.54. The molecule has 0 radical (unpaired) electrons. The number of ether oxygens (including phenoxy) is 1. The van der Waals surface area contributed by atoms with E-state index in [1.54, 1.807) is 26.9 Å². The van der Waals surface area contributed by atoms with Crippen LogP contribution in [0.4, 0.5) is 0 Å². The van der Waals surface area contributed by atoms with Crippen LogP contribution < -0.4 is 0 Å². The van der Waals surface area contributed by atoms with Gasteiger partial charge in [0.25, 0.3) is 0 Å². The van der Waals surface area contributed by atoms with Crippen molar-refractivity contribution in [1.29, 1.82) is 0 Å². The van der Waals surface area contributed by atoms with Gasteiger partial charge in [-0.25, -0.2) is 0 Å². The van der Waals surface area contributed by atoms with Gasteiger partial charge in [0.2, 0.25) is 17.7 Å². The zero-order chi connectivity index (χ0) is 30.1. The molecule has 6 atom stereocenters. The van der Waals surface area contributed by atoms with Crippen molar-refractivity contribution in [2.45, 2.75) is 89.8 Å². The van der Waals surface area contributed by atoms with Crippen LogP contribution in [-0.2, 0) is 25.7 Å². The molecule has 0 aromatic heterocycles. The number of nitrogens with zero attached hydrogens (tertiary/aromatic N) is 3. The smallest absolute Gasteiger partial charge is 0.248 e. The standard InChI is InChI=1S/C33H47N3O5/c1-8-18-34(20-24-14-12-11-13-15-24)29(38)26-27-30(39)36(25(21-37)22(4)5)28(31(40)35(19-9-2)23(6)7)33(27)17-16-32(26,10-3)41-33/h8-9,11-15,22-23,25-28,37H,1-2,10,16-21H2,3-7H3/t25-,26+,27-,28?,32-,33?/m0/s1. The van der Waals surface area contributed by atoms with Gasteiger partial charge in [-0.05, 0) is 44.6 Å². The van der Waals surface area contributed by atoms with E-state index in [0.29, 0.717) is 38.9 Å². The Morgan fingerprint density at radius 1 is 1.10 bits per heavy atom. The third-order valence-corrected chi connectivity index (χ3v) is 9.54. The Hall–Kier alpha value is -2.97. The second-order valence-electron chi connectivity index (χ2n) is 12.4. The Kier molecular flexibility index (Phi) is 9.14. The number of aliphatic hydroxyl groups excluding tert-OH is 1. The van der Waals surface area contributed by atoms with Gasteiger partial charge in [0.15, 0.2) is 0 Å². The third kappa shape index (κ3) is 5.03. The van der Waals surface area contributed by atoms with Gasteiger partial charge in [-0.15, -0.1) is 13.2 Å². The number of carbonyl (C=O) groups excluding carboxylic acids is 3. The molecule has 224 valence electrons. The molecule has 8 nitrogen and oxygen atoms in total. The number of hydrogen-bond donors (Lipinski definition) is 1. The Labute approximate surface area is 245 Å². The van der Waals surface area contributed by atoms with Crippen molar-refractivity contribution < 1.29 is 24.2 Å². The highest BCUT2D eigenvalue weighted by atomic mass is 16.5. The van der Waals surface area contributed by atoms with Crippen LogP contribution in [0.15, 0.2) is 55.6 Å². The summed E-state index contributed by atoms with van der Waals surface area (Å²) >= 11 is 0. The number of hydrogen-bond acceptors (Lipinski definition) is 5.